The van der Waals surface area contributed by atoms with Gasteiger partial charge in [-0.25, -0.2) is 9.97 Å². The Hall–Kier alpha value is -8.02. The summed E-state index contributed by atoms with van der Waals surface area (Å²) in [4.78, 5) is 11.7. The van der Waals surface area contributed by atoms with Gasteiger partial charge in [-0.2, -0.15) is 0 Å². The molecule has 9 aromatic carbocycles. The third-order valence-corrected chi connectivity index (χ3v) is 15.1. The first-order valence-electron chi connectivity index (χ1n) is 23.6. The number of benzene rings is 9. The molecule has 0 aliphatic heterocycles. The van der Waals surface area contributed by atoms with Crippen LogP contribution in [-0.2, 0) is 10.8 Å². The fourth-order valence-electron chi connectivity index (χ4n) is 11.9. The summed E-state index contributed by atoms with van der Waals surface area (Å²) in [6.45, 7) is 13.9. The van der Waals surface area contributed by atoms with Crippen LogP contribution in [-0.4, -0.2) is 23.3 Å². The molecule has 6 aromatic heterocycles. The van der Waals surface area contributed by atoms with Crippen LogP contribution in [0.1, 0.15) is 52.7 Å². The highest BCUT2D eigenvalue weighted by Crippen LogP contribution is 2.50. The molecule has 0 saturated carbocycles. The van der Waals surface area contributed by atoms with E-state index in [9.17, 15) is 0 Å². The Balaban J connectivity index is 1.13. The van der Waals surface area contributed by atoms with Crippen LogP contribution in [0, 0.1) is 0 Å². The van der Waals surface area contributed by atoms with Gasteiger partial charge in [-0.3, -0.25) is 8.80 Å². The second-order valence-electron chi connectivity index (χ2n) is 21.0. The Labute approximate surface area is 385 Å². The van der Waals surface area contributed by atoms with Crippen molar-refractivity contribution < 1.29 is 0 Å². The van der Waals surface area contributed by atoms with Gasteiger partial charge in [-0.1, -0.05) is 139 Å². The summed E-state index contributed by atoms with van der Waals surface area (Å²) in [5.41, 5.74) is 16.8. The molecule has 0 aliphatic rings. The van der Waals surface area contributed by atoms with Crippen LogP contribution in [0.5, 0.6) is 0 Å². The Kier molecular flexibility index (Phi) is 6.92. The predicted octanol–water partition coefficient (Wildman–Crippen LogP) is 16.4. The first-order valence-corrected chi connectivity index (χ1v) is 23.6. The standard InChI is InChI=1S/C62H45N5/c1-61(2,3)37-25-27-51-45(31-37)46-32-38(62(4,5)6)33-48-55-59(66(51)56(46)48)63-54-47-30-35-17-11-13-21-41(35)53-52-40-20-12-10-16-34(40)28-43(57(52)67(58(47)53)60(54)64-55)36-24-26-50-44(29-36)42-22-14-15-23-49(42)65(50)39-18-8-7-9-19-39/h7-33H,1-6H3. The van der Waals surface area contributed by atoms with Crippen LogP contribution in [0.4, 0.5) is 0 Å². The lowest BCUT2D eigenvalue weighted by Crippen LogP contribution is -2.11. The van der Waals surface area contributed by atoms with E-state index in [1.54, 1.807) is 0 Å². The van der Waals surface area contributed by atoms with E-state index in [0.717, 1.165) is 44.3 Å². The molecule has 318 valence electrons. The van der Waals surface area contributed by atoms with Crippen molar-refractivity contribution in [2.75, 3.05) is 0 Å². The molecular formula is C62H45N5. The number of hydrogen-bond donors (Lipinski definition) is 0. The van der Waals surface area contributed by atoms with Crippen molar-refractivity contribution >= 4 is 120 Å². The van der Waals surface area contributed by atoms with Crippen molar-refractivity contribution in [2.24, 2.45) is 0 Å². The lowest BCUT2D eigenvalue weighted by Gasteiger charge is -2.20. The van der Waals surface area contributed by atoms with Gasteiger partial charge in [-0.15, -0.1) is 0 Å². The van der Waals surface area contributed by atoms with Crippen LogP contribution in [0.25, 0.3) is 137 Å². The molecule has 0 atom stereocenters. The smallest absolute Gasteiger partial charge is 0.165 e. The van der Waals surface area contributed by atoms with E-state index in [2.05, 4.69) is 219 Å². The SMILES string of the molecule is CC(C)(C)c1ccc2c(c1)c1cc(C(C)(C)C)cc3c4nc5c(nc4n2c13)c1cc2ccccc2c2c3c4ccccc4cc(-c4ccc6c(c4)c4ccccc4n6-c4ccccc4)c3n5c12. The molecule has 67 heavy (non-hydrogen) atoms. The van der Waals surface area contributed by atoms with Gasteiger partial charge < -0.3 is 4.57 Å². The first-order chi connectivity index (χ1) is 32.5. The van der Waals surface area contributed by atoms with Crippen LogP contribution in [0.15, 0.2) is 164 Å². The van der Waals surface area contributed by atoms with Crippen molar-refractivity contribution in [3.05, 3.63) is 175 Å². The minimum absolute atomic E-state index is 0.0183. The Morgan fingerprint density at radius 2 is 0.925 bits per heavy atom. The summed E-state index contributed by atoms with van der Waals surface area (Å²) in [7, 11) is 0. The molecule has 5 nitrogen and oxygen atoms in total. The maximum absolute atomic E-state index is 5.90. The summed E-state index contributed by atoms with van der Waals surface area (Å²) < 4.78 is 7.29. The van der Waals surface area contributed by atoms with E-state index in [4.69, 9.17) is 9.97 Å². The highest BCUT2D eigenvalue weighted by molar-refractivity contribution is 6.37. The van der Waals surface area contributed by atoms with Gasteiger partial charge in [0.1, 0.15) is 11.0 Å². The number of fused-ring (bicyclic) bond motifs is 19. The number of rotatable bonds is 2. The third-order valence-electron chi connectivity index (χ3n) is 15.1. The van der Waals surface area contributed by atoms with Crippen molar-refractivity contribution in [3.8, 4) is 16.8 Å². The van der Waals surface area contributed by atoms with Crippen molar-refractivity contribution in [1.82, 2.24) is 23.3 Å². The zero-order chi connectivity index (χ0) is 44.8. The van der Waals surface area contributed by atoms with E-state index in [-0.39, 0.29) is 10.8 Å². The second kappa shape index (κ2) is 12.4. The van der Waals surface area contributed by atoms with Gasteiger partial charge in [0, 0.05) is 54.3 Å². The highest BCUT2D eigenvalue weighted by Gasteiger charge is 2.30. The zero-order valence-electron chi connectivity index (χ0n) is 38.3. The van der Waals surface area contributed by atoms with Gasteiger partial charge >= 0.3 is 0 Å². The lowest BCUT2D eigenvalue weighted by molar-refractivity contribution is 0.590. The Morgan fingerprint density at radius 1 is 0.373 bits per heavy atom. The predicted molar refractivity (Wildman–Crippen MR) is 284 cm³/mol. The van der Waals surface area contributed by atoms with E-state index >= 15 is 0 Å². The van der Waals surface area contributed by atoms with Gasteiger partial charge in [0.05, 0.1) is 33.1 Å². The number of hydrogen-bond acceptors (Lipinski definition) is 2. The minimum Gasteiger partial charge on any atom is -0.309 e. The summed E-state index contributed by atoms with van der Waals surface area (Å²) in [5, 5.41) is 14.7. The van der Waals surface area contributed by atoms with Crippen LogP contribution < -0.4 is 0 Å². The molecule has 0 radical (unpaired) electrons. The molecule has 0 fully saturated rings. The second-order valence-corrected chi connectivity index (χ2v) is 21.0. The van der Waals surface area contributed by atoms with Gasteiger partial charge in [0.2, 0.25) is 0 Å². The normalized spacial score (nSPS) is 13.2. The molecule has 0 unspecified atom stereocenters. The van der Waals surface area contributed by atoms with E-state index in [1.807, 2.05) is 0 Å². The fourth-order valence-corrected chi connectivity index (χ4v) is 11.9. The quantitative estimate of drug-likeness (QED) is 0.174. The fraction of sp³-hybridized carbons (Fsp3) is 0.129. The number of para-hydroxylation sites is 2. The van der Waals surface area contributed by atoms with Gasteiger partial charge in [0.15, 0.2) is 11.3 Å². The highest BCUT2D eigenvalue weighted by atomic mass is 15.1. The monoisotopic (exact) mass is 859 g/mol. The number of nitrogens with zero attached hydrogens (tertiary/aromatic N) is 5. The lowest BCUT2D eigenvalue weighted by atomic mass is 9.84. The molecule has 0 aliphatic carbocycles. The summed E-state index contributed by atoms with van der Waals surface area (Å²) in [5.74, 6) is 0. The molecule has 6 heterocycles. The Morgan fingerprint density at radius 3 is 1.66 bits per heavy atom. The van der Waals surface area contributed by atoms with Crippen molar-refractivity contribution in [3.63, 3.8) is 0 Å². The molecule has 5 heteroatoms. The maximum atomic E-state index is 5.90. The molecule has 0 bridgehead atoms. The van der Waals surface area contributed by atoms with Gasteiger partial charge in [0.25, 0.3) is 0 Å². The Bertz CT molecular complexity index is 4620. The first kappa shape index (κ1) is 37.2. The molecule has 0 amide bonds. The third kappa shape index (κ3) is 4.78. The van der Waals surface area contributed by atoms with Crippen LogP contribution in [0.3, 0.4) is 0 Å². The molecule has 15 rings (SSSR count). The average Bonchev–Trinajstić information content (AvgIpc) is 4.12. The van der Waals surface area contributed by atoms with Crippen LogP contribution >= 0.6 is 0 Å². The largest absolute Gasteiger partial charge is 0.309 e. The van der Waals surface area contributed by atoms with E-state index in [0.29, 0.717) is 0 Å². The summed E-state index contributed by atoms with van der Waals surface area (Å²) >= 11 is 0. The van der Waals surface area contributed by atoms with E-state index in [1.165, 1.54) is 104 Å². The van der Waals surface area contributed by atoms with Crippen molar-refractivity contribution in [1.29, 1.82) is 0 Å². The summed E-state index contributed by atoms with van der Waals surface area (Å²) in [6, 6.07) is 61.1. The topological polar surface area (TPSA) is 39.5 Å². The zero-order valence-corrected chi connectivity index (χ0v) is 38.3. The molecular weight excluding hydrogens is 815 g/mol. The molecule has 15 aromatic rings. The number of aromatic nitrogens is 5. The summed E-state index contributed by atoms with van der Waals surface area (Å²) in [6.07, 6.45) is 0. The average molecular weight is 860 g/mol. The van der Waals surface area contributed by atoms with Crippen molar-refractivity contribution in [2.45, 2.75) is 52.4 Å². The molecule has 0 spiro atoms. The van der Waals surface area contributed by atoms with Gasteiger partial charge in [-0.05, 0) is 116 Å². The molecule has 0 saturated heterocycles. The maximum Gasteiger partial charge on any atom is 0.165 e. The van der Waals surface area contributed by atoms with Crippen LogP contribution in [0.2, 0.25) is 0 Å². The molecule has 0 N–H and O–H groups in total. The van der Waals surface area contributed by atoms with E-state index < -0.39 is 0 Å². The minimum atomic E-state index is -0.0722.